The zero-order valence-electron chi connectivity index (χ0n) is 12.2. The van der Waals surface area contributed by atoms with Crippen molar-refractivity contribution in [3.8, 4) is 5.88 Å². The molecule has 1 amide bonds. The van der Waals surface area contributed by atoms with Gasteiger partial charge in [0.2, 0.25) is 5.88 Å². The van der Waals surface area contributed by atoms with E-state index < -0.39 is 0 Å². The number of pyridine rings is 2. The van der Waals surface area contributed by atoms with Gasteiger partial charge in [-0.3, -0.25) is 9.78 Å². The second-order valence-electron chi connectivity index (χ2n) is 4.88. The fourth-order valence-corrected chi connectivity index (χ4v) is 1.78. The Labute approximate surface area is 124 Å². The number of aromatic nitrogens is 2. The maximum atomic E-state index is 12.0. The highest BCUT2D eigenvalue weighted by Crippen LogP contribution is 2.09. The smallest absolute Gasteiger partial charge is 0.252 e. The number of carbonyl (C=O) groups is 1. The molecule has 1 N–H and O–H groups in total. The molecule has 0 fully saturated rings. The largest absolute Gasteiger partial charge is 0.475 e. The molecule has 0 aliphatic carbocycles. The zero-order chi connectivity index (χ0) is 15.1. The van der Waals surface area contributed by atoms with Crippen molar-refractivity contribution in [1.29, 1.82) is 0 Å². The lowest BCUT2D eigenvalue weighted by atomic mass is 10.2. The van der Waals surface area contributed by atoms with Gasteiger partial charge in [0.15, 0.2) is 0 Å². The second-order valence-corrected chi connectivity index (χ2v) is 4.88. The number of rotatable bonds is 6. The Morgan fingerprint density at radius 3 is 2.71 bits per heavy atom. The van der Waals surface area contributed by atoms with Gasteiger partial charge in [0, 0.05) is 37.1 Å². The number of hydrogen-bond donors (Lipinski definition) is 1. The number of carbonyl (C=O) groups excluding carboxylic acids is 1. The van der Waals surface area contributed by atoms with E-state index in [0.29, 0.717) is 24.4 Å². The van der Waals surface area contributed by atoms with Crippen molar-refractivity contribution in [3.05, 3.63) is 54.0 Å². The first kappa shape index (κ1) is 15.0. The molecule has 0 aliphatic rings. The van der Waals surface area contributed by atoms with Gasteiger partial charge < -0.3 is 10.1 Å². The summed E-state index contributed by atoms with van der Waals surface area (Å²) in [5.74, 6) is 0.379. The lowest BCUT2D eigenvalue weighted by Gasteiger charge is -2.09. The van der Waals surface area contributed by atoms with Gasteiger partial charge in [-0.05, 0) is 32.0 Å². The predicted octanol–water partition coefficient (Wildman–Crippen LogP) is 2.24. The van der Waals surface area contributed by atoms with Gasteiger partial charge in [-0.15, -0.1) is 0 Å². The van der Waals surface area contributed by atoms with Crippen LogP contribution in [0.3, 0.4) is 0 Å². The molecule has 0 aliphatic heterocycles. The number of amides is 1. The first-order valence-corrected chi connectivity index (χ1v) is 6.96. The van der Waals surface area contributed by atoms with Gasteiger partial charge in [0.05, 0.1) is 11.7 Å². The van der Waals surface area contributed by atoms with Crippen LogP contribution >= 0.6 is 0 Å². The van der Waals surface area contributed by atoms with Crippen molar-refractivity contribution in [1.82, 2.24) is 15.3 Å². The summed E-state index contributed by atoms with van der Waals surface area (Å²) >= 11 is 0. The van der Waals surface area contributed by atoms with Crippen molar-refractivity contribution in [2.24, 2.45) is 0 Å². The van der Waals surface area contributed by atoms with Gasteiger partial charge in [0.1, 0.15) is 0 Å². The van der Waals surface area contributed by atoms with Crippen LogP contribution in [0.1, 0.15) is 29.9 Å². The first-order chi connectivity index (χ1) is 10.1. The van der Waals surface area contributed by atoms with Crippen molar-refractivity contribution in [2.75, 3.05) is 6.54 Å². The number of ether oxygens (including phenoxy) is 1. The standard InChI is InChI=1S/C16H19N3O2/c1-12(2)21-15-7-6-13(11-19-15)16(20)18-10-8-14-5-3-4-9-17-14/h3-7,9,11-12H,8,10H2,1-2H3,(H,18,20). The molecule has 2 aromatic heterocycles. The minimum atomic E-state index is -0.144. The molecule has 0 spiro atoms. The van der Waals surface area contributed by atoms with Crippen molar-refractivity contribution >= 4 is 5.91 Å². The molecular formula is C16H19N3O2. The second kappa shape index (κ2) is 7.38. The Balaban J connectivity index is 1.83. The van der Waals surface area contributed by atoms with Crippen LogP contribution in [-0.4, -0.2) is 28.5 Å². The average Bonchev–Trinajstić information content (AvgIpc) is 2.48. The number of nitrogens with one attached hydrogen (secondary N) is 1. The quantitative estimate of drug-likeness (QED) is 0.884. The van der Waals surface area contributed by atoms with Gasteiger partial charge >= 0.3 is 0 Å². The maximum Gasteiger partial charge on any atom is 0.252 e. The minimum Gasteiger partial charge on any atom is -0.475 e. The van der Waals surface area contributed by atoms with Crippen LogP contribution in [0.4, 0.5) is 0 Å². The fourth-order valence-electron chi connectivity index (χ4n) is 1.78. The fraction of sp³-hybridized carbons (Fsp3) is 0.312. The van der Waals surface area contributed by atoms with Crippen LogP contribution < -0.4 is 10.1 Å². The third-order valence-electron chi connectivity index (χ3n) is 2.75. The summed E-state index contributed by atoms with van der Waals surface area (Å²) < 4.78 is 5.44. The lowest BCUT2D eigenvalue weighted by Crippen LogP contribution is -2.26. The molecule has 2 rings (SSSR count). The Morgan fingerprint density at radius 2 is 2.10 bits per heavy atom. The van der Waals surface area contributed by atoms with E-state index in [4.69, 9.17) is 4.74 Å². The number of nitrogens with zero attached hydrogens (tertiary/aromatic N) is 2. The molecule has 21 heavy (non-hydrogen) atoms. The minimum absolute atomic E-state index is 0.0653. The Bertz CT molecular complexity index is 568. The SMILES string of the molecule is CC(C)Oc1ccc(C(=O)NCCc2ccccn2)cn1. The first-order valence-electron chi connectivity index (χ1n) is 6.96. The van der Waals surface area contributed by atoms with E-state index in [2.05, 4.69) is 15.3 Å². The predicted molar refractivity (Wildman–Crippen MR) is 80.3 cm³/mol. The molecule has 0 saturated carbocycles. The average molecular weight is 285 g/mol. The molecule has 110 valence electrons. The Morgan fingerprint density at radius 1 is 1.24 bits per heavy atom. The lowest BCUT2D eigenvalue weighted by molar-refractivity contribution is 0.0953. The van der Waals surface area contributed by atoms with E-state index >= 15 is 0 Å². The van der Waals surface area contributed by atoms with E-state index in [1.54, 1.807) is 18.3 Å². The molecular weight excluding hydrogens is 266 g/mol. The molecule has 2 aromatic rings. The summed E-state index contributed by atoms with van der Waals surface area (Å²) in [7, 11) is 0. The highest BCUT2D eigenvalue weighted by Gasteiger charge is 2.07. The molecule has 0 unspecified atom stereocenters. The molecule has 0 bridgehead atoms. The van der Waals surface area contributed by atoms with Crippen molar-refractivity contribution < 1.29 is 9.53 Å². The monoisotopic (exact) mass is 285 g/mol. The van der Waals surface area contributed by atoms with E-state index in [9.17, 15) is 4.79 Å². The third kappa shape index (κ3) is 4.87. The molecule has 0 saturated heterocycles. The summed E-state index contributed by atoms with van der Waals surface area (Å²) in [6, 6.07) is 9.15. The normalized spacial score (nSPS) is 10.4. The third-order valence-corrected chi connectivity index (χ3v) is 2.75. The maximum absolute atomic E-state index is 12.0. The molecule has 0 radical (unpaired) electrons. The zero-order valence-corrected chi connectivity index (χ0v) is 12.2. The molecule has 5 nitrogen and oxygen atoms in total. The van der Waals surface area contributed by atoms with Crippen molar-refractivity contribution in [3.63, 3.8) is 0 Å². The van der Waals surface area contributed by atoms with Gasteiger partial charge in [-0.25, -0.2) is 4.98 Å². The highest BCUT2D eigenvalue weighted by molar-refractivity contribution is 5.93. The molecule has 5 heteroatoms. The van der Waals surface area contributed by atoms with Crippen LogP contribution in [-0.2, 0) is 6.42 Å². The van der Waals surface area contributed by atoms with Gasteiger partial charge in [-0.2, -0.15) is 0 Å². The van der Waals surface area contributed by atoms with E-state index in [0.717, 1.165) is 5.69 Å². The molecule has 2 heterocycles. The summed E-state index contributed by atoms with van der Waals surface area (Å²) in [6.07, 6.45) is 4.03. The van der Waals surface area contributed by atoms with E-state index in [1.165, 1.54) is 6.20 Å². The van der Waals surface area contributed by atoms with E-state index in [-0.39, 0.29) is 12.0 Å². The molecule has 0 atom stereocenters. The highest BCUT2D eigenvalue weighted by atomic mass is 16.5. The topological polar surface area (TPSA) is 64.1 Å². The van der Waals surface area contributed by atoms with Crippen LogP contribution in [0.15, 0.2) is 42.7 Å². The van der Waals surface area contributed by atoms with Crippen LogP contribution in [0.2, 0.25) is 0 Å². The molecule has 0 aromatic carbocycles. The summed E-state index contributed by atoms with van der Waals surface area (Å²) in [5, 5.41) is 2.85. The number of hydrogen-bond acceptors (Lipinski definition) is 4. The van der Waals surface area contributed by atoms with Gasteiger partial charge in [-0.1, -0.05) is 6.07 Å². The summed E-state index contributed by atoms with van der Waals surface area (Å²) in [5.41, 5.74) is 1.48. The van der Waals surface area contributed by atoms with Crippen LogP contribution in [0, 0.1) is 0 Å². The van der Waals surface area contributed by atoms with Gasteiger partial charge in [0.25, 0.3) is 5.91 Å². The Hall–Kier alpha value is -2.43. The van der Waals surface area contributed by atoms with Crippen LogP contribution in [0.5, 0.6) is 5.88 Å². The van der Waals surface area contributed by atoms with Crippen LogP contribution in [0.25, 0.3) is 0 Å². The van der Waals surface area contributed by atoms with Crippen molar-refractivity contribution in [2.45, 2.75) is 26.4 Å². The summed E-state index contributed by atoms with van der Waals surface area (Å²) in [4.78, 5) is 20.3. The Kier molecular flexibility index (Phi) is 5.26. The van der Waals surface area contributed by atoms with E-state index in [1.807, 2.05) is 32.0 Å². The summed E-state index contributed by atoms with van der Waals surface area (Å²) in [6.45, 7) is 4.40.